The van der Waals surface area contributed by atoms with E-state index in [1.807, 2.05) is 0 Å². The molecule has 0 N–H and O–H groups in total. The van der Waals surface area contributed by atoms with E-state index >= 15 is 0 Å². The molecule has 0 aliphatic heterocycles. The fraction of sp³-hybridized carbons (Fsp3) is 0. The summed E-state index contributed by atoms with van der Waals surface area (Å²) in [5.74, 6) is 0. The van der Waals surface area contributed by atoms with Gasteiger partial charge in [-0.25, -0.2) is 0 Å². The Balaban J connectivity index is -0.0000000450. The van der Waals surface area contributed by atoms with Gasteiger partial charge in [-0.15, -0.1) is 11.4 Å². The van der Waals surface area contributed by atoms with E-state index in [0.29, 0.717) is 0 Å². The third-order valence-corrected chi connectivity index (χ3v) is 0. The van der Waals surface area contributed by atoms with E-state index in [4.69, 9.17) is 13.3 Å². The van der Waals surface area contributed by atoms with E-state index in [2.05, 4.69) is 0 Å². The second-order valence-corrected chi connectivity index (χ2v) is 0.612. The molecule has 0 amide bonds. The predicted molar refractivity (Wildman–Crippen MR) is 9.70 cm³/mol. The molecule has 0 saturated heterocycles. The fourth-order valence-corrected chi connectivity index (χ4v) is 0. The van der Waals surface area contributed by atoms with Gasteiger partial charge in [-0.3, -0.25) is 4.21 Å². The molecule has 3 nitrogen and oxygen atoms in total. The summed E-state index contributed by atoms with van der Waals surface area (Å²) in [6, 6.07) is 0. The molecule has 0 aromatic carbocycles. The number of hydrogen-bond acceptors (Lipinski definition) is 3. The first kappa shape index (κ1) is 15.6. The van der Waals surface area contributed by atoms with Gasteiger partial charge in [0.15, 0.2) is 0 Å². The Kier molecular flexibility index (Phi) is 25.8. The Hall–Kier alpha value is 1.73. The average Bonchev–Trinajstić information content (AvgIpc) is 0.811. The maximum absolute atomic E-state index is 8.44. The van der Waals surface area contributed by atoms with Crippen LogP contribution in [-0.4, -0.2) is 13.3 Å². The van der Waals surface area contributed by atoms with Crippen LogP contribution in [0.25, 0.3) is 0 Å². The molecular formula is AuCdO3S+3. The standard InChI is InChI=1S/Au.Cd.H2O3S/c;;1-4(2)3/h;;(H2,1,2,3)/q+3;+2;/p-2. The summed E-state index contributed by atoms with van der Waals surface area (Å²) in [6.07, 6.45) is 0. The van der Waals surface area contributed by atoms with E-state index in [0.717, 1.165) is 0 Å². The van der Waals surface area contributed by atoms with Gasteiger partial charge in [-0.2, -0.15) is 0 Å². The van der Waals surface area contributed by atoms with Crippen LogP contribution in [0.3, 0.4) is 0 Å². The Morgan fingerprint density at radius 3 is 1.33 bits per heavy atom. The van der Waals surface area contributed by atoms with Crippen LogP contribution < -0.4 is 0 Å². The van der Waals surface area contributed by atoms with Crippen LogP contribution >= 0.6 is 0 Å². The van der Waals surface area contributed by atoms with Crippen molar-refractivity contribution in [1.82, 2.24) is 0 Å². The van der Waals surface area contributed by atoms with Gasteiger partial charge in [0.2, 0.25) is 0 Å². The van der Waals surface area contributed by atoms with Gasteiger partial charge in [0.25, 0.3) is 0 Å². The maximum Gasteiger partial charge on any atom is 3.00 e. The van der Waals surface area contributed by atoms with Crippen molar-refractivity contribution in [3.63, 3.8) is 0 Å². The maximum atomic E-state index is 8.44. The third kappa shape index (κ3) is 42.8. The quantitative estimate of drug-likeness (QED) is 0.394. The Labute approximate surface area is 73.7 Å². The van der Waals surface area contributed by atoms with E-state index in [-0.39, 0.29) is 49.7 Å². The zero-order valence-corrected chi connectivity index (χ0v) is 9.66. The largest absolute Gasteiger partial charge is 3.00 e. The summed E-state index contributed by atoms with van der Waals surface area (Å²) in [5.41, 5.74) is 0. The molecule has 0 saturated carbocycles. The summed E-state index contributed by atoms with van der Waals surface area (Å²) < 4.78 is 25.3. The van der Waals surface area contributed by atoms with Gasteiger partial charge >= 0.3 is 49.7 Å². The van der Waals surface area contributed by atoms with Crippen molar-refractivity contribution in [2.75, 3.05) is 0 Å². The average molecular weight is 389 g/mol. The zero-order valence-electron chi connectivity index (χ0n) is 2.64. The van der Waals surface area contributed by atoms with Crippen molar-refractivity contribution in [2.24, 2.45) is 0 Å². The van der Waals surface area contributed by atoms with E-state index < -0.39 is 11.4 Å². The summed E-state index contributed by atoms with van der Waals surface area (Å²) in [5, 5.41) is 0. The van der Waals surface area contributed by atoms with E-state index in [1.165, 1.54) is 0 Å². The molecule has 6 heavy (non-hydrogen) atoms. The second kappa shape index (κ2) is 9.88. The molecular weight excluding hydrogens is 389 g/mol. The molecule has 0 spiro atoms. The molecule has 0 rings (SSSR count). The summed E-state index contributed by atoms with van der Waals surface area (Å²) in [6.45, 7) is 0. The van der Waals surface area contributed by atoms with Gasteiger partial charge in [-0.05, 0) is 0 Å². The predicted octanol–water partition coefficient (Wildman–Crippen LogP) is -1.01. The van der Waals surface area contributed by atoms with Crippen molar-refractivity contribution in [1.29, 1.82) is 0 Å². The first-order chi connectivity index (χ1) is 1.73. The molecule has 0 aliphatic carbocycles. The third-order valence-electron chi connectivity index (χ3n) is 0. The fourth-order valence-electron chi connectivity index (χ4n) is 0. The zero-order chi connectivity index (χ0) is 3.58. The molecule has 0 aromatic heterocycles. The number of rotatable bonds is 0. The molecule has 34 valence electrons. The molecule has 0 unspecified atom stereocenters. The summed E-state index contributed by atoms with van der Waals surface area (Å²) in [4.78, 5) is 0. The normalized spacial score (nSPS) is 5.83. The molecule has 0 aromatic rings. The molecule has 6 heteroatoms. The molecule has 0 bridgehead atoms. The van der Waals surface area contributed by atoms with Crippen molar-refractivity contribution >= 4 is 11.4 Å². The van der Waals surface area contributed by atoms with Crippen molar-refractivity contribution in [3.8, 4) is 0 Å². The van der Waals surface area contributed by atoms with Crippen LogP contribution in [0.15, 0.2) is 0 Å². The second-order valence-electron chi connectivity index (χ2n) is 0.204. The van der Waals surface area contributed by atoms with Crippen molar-refractivity contribution < 1.29 is 63.0 Å². The molecule has 0 heterocycles. The first-order valence-corrected chi connectivity index (χ1v) is 1.50. The first-order valence-electron chi connectivity index (χ1n) is 0.500. The SMILES string of the molecule is O=S([O-])[O-].[Au+3].[Cd+2]. The van der Waals surface area contributed by atoms with Gasteiger partial charge < -0.3 is 9.11 Å². The van der Waals surface area contributed by atoms with Crippen LogP contribution in [0.1, 0.15) is 0 Å². The molecule has 0 fully saturated rings. The topological polar surface area (TPSA) is 63.2 Å². The Morgan fingerprint density at radius 1 is 1.33 bits per heavy atom. The van der Waals surface area contributed by atoms with Crippen LogP contribution in [0.4, 0.5) is 0 Å². The summed E-state index contributed by atoms with van der Waals surface area (Å²) in [7, 11) is 0. The van der Waals surface area contributed by atoms with E-state index in [9.17, 15) is 0 Å². The Morgan fingerprint density at radius 2 is 1.33 bits per heavy atom. The van der Waals surface area contributed by atoms with Gasteiger partial charge in [0.05, 0.1) is 0 Å². The molecule has 0 radical (unpaired) electrons. The van der Waals surface area contributed by atoms with Gasteiger partial charge in [0, 0.05) is 0 Å². The Bertz CT molecular complexity index is 33.8. The van der Waals surface area contributed by atoms with E-state index in [1.54, 1.807) is 0 Å². The molecule has 0 aliphatic rings. The minimum absolute atomic E-state index is 0. The van der Waals surface area contributed by atoms with Gasteiger partial charge in [0.1, 0.15) is 0 Å². The smallest absolute Gasteiger partial charge is 0.784 e. The monoisotopic (exact) mass is 391 g/mol. The van der Waals surface area contributed by atoms with Crippen LogP contribution in [0.5, 0.6) is 0 Å². The minimum atomic E-state index is -3.11. The minimum Gasteiger partial charge on any atom is -0.784 e. The summed E-state index contributed by atoms with van der Waals surface area (Å²) >= 11 is -3.11. The molecule has 0 atom stereocenters. The van der Waals surface area contributed by atoms with Gasteiger partial charge in [-0.1, -0.05) is 0 Å². The van der Waals surface area contributed by atoms with Crippen LogP contribution in [0.2, 0.25) is 0 Å². The number of hydrogen-bond donors (Lipinski definition) is 0. The van der Waals surface area contributed by atoms with Crippen LogP contribution in [0, 0.1) is 0 Å². The van der Waals surface area contributed by atoms with Crippen LogP contribution in [-0.2, 0) is 61.0 Å². The van der Waals surface area contributed by atoms with Crippen molar-refractivity contribution in [2.45, 2.75) is 0 Å². The van der Waals surface area contributed by atoms with Crippen molar-refractivity contribution in [3.05, 3.63) is 0 Å².